The number of sulfonamides is 1. The van der Waals surface area contributed by atoms with Gasteiger partial charge < -0.3 is 10.5 Å². The first kappa shape index (κ1) is 15.4. The number of benzene rings is 1. The van der Waals surface area contributed by atoms with Crippen molar-refractivity contribution in [2.24, 2.45) is 11.7 Å². The molecule has 1 atom stereocenters. The minimum absolute atomic E-state index is 0.0263. The SMILES string of the molecule is COCC1CCN(S(=O)(=O)c2ccc(F)c(CN)c2)C1. The molecule has 1 aromatic carbocycles. The summed E-state index contributed by atoms with van der Waals surface area (Å²) >= 11 is 0. The number of hydrogen-bond donors (Lipinski definition) is 1. The summed E-state index contributed by atoms with van der Waals surface area (Å²) in [6.07, 6.45) is 0.776. The molecule has 1 unspecified atom stereocenters. The first-order valence-corrected chi connectivity index (χ1v) is 7.90. The third-order valence-corrected chi connectivity index (χ3v) is 5.39. The van der Waals surface area contributed by atoms with Gasteiger partial charge in [0.25, 0.3) is 0 Å². The number of halogens is 1. The molecule has 5 nitrogen and oxygen atoms in total. The zero-order chi connectivity index (χ0) is 14.8. The fraction of sp³-hybridized carbons (Fsp3) is 0.538. The van der Waals surface area contributed by atoms with Crippen molar-refractivity contribution in [1.82, 2.24) is 4.31 Å². The molecule has 1 saturated heterocycles. The Morgan fingerprint density at radius 2 is 2.25 bits per heavy atom. The van der Waals surface area contributed by atoms with Gasteiger partial charge in [0.15, 0.2) is 0 Å². The van der Waals surface area contributed by atoms with E-state index in [9.17, 15) is 12.8 Å². The van der Waals surface area contributed by atoms with Crippen LogP contribution in [0.2, 0.25) is 0 Å². The molecule has 2 rings (SSSR count). The van der Waals surface area contributed by atoms with Gasteiger partial charge in [0.1, 0.15) is 5.82 Å². The second-order valence-corrected chi connectivity index (χ2v) is 6.87. The molecule has 7 heteroatoms. The van der Waals surface area contributed by atoms with Crippen molar-refractivity contribution in [3.05, 3.63) is 29.6 Å². The Bertz CT molecular complexity index is 577. The smallest absolute Gasteiger partial charge is 0.243 e. The summed E-state index contributed by atoms with van der Waals surface area (Å²) in [5.41, 5.74) is 5.62. The van der Waals surface area contributed by atoms with Crippen LogP contribution in [0.5, 0.6) is 0 Å². The van der Waals surface area contributed by atoms with Gasteiger partial charge in [-0.15, -0.1) is 0 Å². The van der Waals surface area contributed by atoms with Crippen LogP contribution in [-0.4, -0.2) is 39.5 Å². The predicted molar refractivity (Wildman–Crippen MR) is 73.0 cm³/mol. The molecule has 1 aromatic rings. The van der Waals surface area contributed by atoms with Crippen LogP contribution in [0.15, 0.2) is 23.1 Å². The molecule has 0 amide bonds. The first-order valence-electron chi connectivity index (χ1n) is 6.46. The summed E-state index contributed by atoms with van der Waals surface area (Å²) in [6.45, 7) is 1.42. The summed E-state index contributed by atoms with van der Waals surface area (Å²) in [6, 6.07) is 3.75. The third kappa shape index (κ3) is 3.01. The van der Waals surface area contributed by atoms with Crippen molar-refractivity contribution >= 4 is 10.0 Å². The van der Waals surface area contributed by atoms with Gasteiger partial charge in [0.05, 0.1) is 11.5 Å². The fourth-order valence-electron chi connectivity index (χ4n) is 2.40. The van der Waals surface area contributed by atoms with E-state index in [1.165, 1.54) is 16.4 Å². The highest BCUT2D eigenvalue weighted by Gasteiger charge is 2.32. The van der Waals surface area contributed by atoms with Gasteiger partial charge in [-0.05, 0) is 30.5 Å². The standard InChI is InChI=1S/C13H19FN2O3S/c1-19-9-10-4-5-16(8-10)20(17,18)12-2-3-13(14)11(6-12)7-15/h2-3,6,10H,4-5,7-9,15H2,1H3. The van der Waals surface area contributed by atoms with Crippen LogP contribution in [0.1, 0.15) is 12.0 Å². The van der Waals surface area contributed by atoms with Gasteiger partial charge in [-0.3, -0.25) is 0 Å². The molecule has 0 radical (unpaired) electrons. The van der Waals surface area contributed by atoms with Crippen LogP contribution in [0.25, 0.3) is 0 Å². The van der Waals surface area contributed by atoms with Gasteiger partial charge in [0, 0.05) is 32.3 Å². The Labute approximate surface area is 118 Å². The molecule has 0 spiro atoms. The quantitative estimate of drug-likeness (QED) is 0.878. The van der Waals surface area contributed by atoms with E-state index in [0.29, 0.717) is 19.7 Å². The number of nitrogens with two attached hydrogens (primary N) is 1. The Morgan fingerprint density at radius 3 is 2.90 bits per heavy atom. The summed E-state index contributed by atoms with van der Waals surface area (Å²) in [5.74, 6) is -0.269. The second-order valence-electron chi connectivity index (χ2n) is 4.93. The Morgan fingerprint density at radius 1 is 1.50 bits per heavy atom. The number of ether oxygens (including phenoxy) is 1. The Kier molecular flexibility index (Phi) is 4.74. The number of nitrogens with zero attached hydrogens (tertiary/aromatic N) is 1. The summed E-state index contributed by atoms with van der Waals surface area (Å²) in [5, 5.41) is 0. The van der Waals surface area contributed by atoms with E-state index in [2.05, 4.69) is 0 Å². The molecule has 20 heavy (non-hydrogen) atoms. The van der Waals surface area contributed by atoms with Crippen LogP contribution in [0.4, 0.5) is 4.39 Å². The van der Waals surface area contributed by atoms with Crippen LogP contribution >= 0.6 is 0 Å². The van der Waals surface area contributed by atoms with E-state index >= 15 is 0 Å². The normalized spacial score (nSPS) is 20.4. The van der Waals surface area contributed by atoms with Crippen LogP contribution in [0, 0.1) is 11.7 Å². The third-order valence-electron chi connectivity index (χ3n) is 3.53. The van der Waals surface area contributed by atoms with Gasteiger partial charge >= 0.3 is 0 Å². The highest BCUT2D eigenvalue weighted by atomic mass is 32.2. The van der Waals surface area contributed by atoms with Gasteiger partial charge in [-0.25, -0.2) is 12.8 Å². The topological polar surface area (TPSA) is 72.6 Å². The van der Waals surface area contributed by atoms with E-state index in [4.69, 9.17) is 10.5 Å². The van der Waals surface area contributed by atoms with Crippen LogP contribution in [0.3, 0.4) is 0 Å². The second kappa shape index (κ2) is 6.17. The number of rotatable bonds is 5. The van der Waals surface area contributed by atoms with Gasteiger partial charge in [0.2, 0.25) is 10.0 Å². The average molecular weight is 302 g/mol. The molecule has 2 N–H and O–H groups in total. The maximum Gasteiger partial charge on any atom is 0.243 e. The van der Waals surface area contributed by atoms with Crippen molar-refractivity contribution in [2.75, 3.05) is 26.8 Å². The molecular weight excluding hydrogens is 283 g/mol. The lowest BCUT2D eigenvalue weighted by molar-refractivity contribution is 0.157. The molecule has 112 valence electrons. The van der Waals surface area contributed by atoms with Crippen LogP contribution in [-0.2, 0) is 21.3 Å². The maximum absolute atomic E-state index is 13.4. The number of hydrogen-bond acceptors (Lipinski definition) is 4. The summed E-state index contributed by atoms with van der Waals surface area (Å²) < 4.78 is 44.8. The highest BCUT2D eigenvalue weighted by Crippen LogP contribution is 2.25. The Balaban J connectivity index is 2.23. The van der Waals surface area contributed by atoms with Gasteiger partial charge in [-0.2, -0.15) is 4.31 Å². The first-order chi connectivity index (χ1) is 9.48. The van der Waals surface area contributed by atoms with E-state index in [0.717, 1.165) is 12.5 Å². The molecule has 0 aromatic heterocycles. The lowest BCUT2D eigenvalue weighted by Crippen LogP contribution is -2.29. The minimum Gasteiger partial charge on any atom is -0.384 e. The van der Waals surface area contributed by atoms with Crippen molar-refractivity contribution in [3.8, 4) is 0 Å². The highest BCUT2D eigenvalue weighted by molar-refractivity contribution is 7.89. The molecule has 1 aliphatic rings. The number of methoxy groups -OCH3 is 1. The minimum atomic E-state index is -3.58. The molecule has 1 fully saturated rings. The van der Waals surface area contributed by atoms with E-state index in [1.807, 2.05) is 0 Å². The van der Waals surface area contributed by atoms with Crippen LogP contribution < -0.4 is 5.73 Å². The monoisotopic (exact) mass is 302 g/mol. The molecule has 1 heterocycles. The zero-order valence-electron chi connectivity index (χ0n) is 11.4. The maximum atomic E-state index is 13.4. The van der Waals surface area contributed by atoms with E-state index < -0.39 is 15.8 Å². The van der Waals surface area contributed by atoms with Gasteiger partial charge in [-0.1, -0.05) is 0 Å². The van der Waals surface area contributed by atoms with Crippen molar-refractivity contribution in [3.63, 3.8) is 0 Å². The predicted octanol–water partition coefficient (Wildman–Crippen LogP) is 0.941. The van der Waals surface area contributed by atoms with E-state index in [-0.39, 0.29) is 22.9 Å². The molecular formula is C13H19FN2O3S. The molecule has 0 aliphatic carbocycles. The molecule has 1 aliphatic heterocycles. The average Bonchev–Trinajstić information content (AvgIpc) is 2.89. The van der Waals surface area contributed by atoms with Crippen molar-refractivity contribution in [2.45, 2.75) is 17.9 Å². The lowest BCUT2D eigenvalue weighted by Gasteiger charge is -2.17. The zero-order valence-corrected chi connectivity index (χ0v) is 12.2. The summed E-state index contributed by atoms with van der Waals surface area (Å²) in [4.78, 5) is 0.0948. The summed E-state index contributed by atoms with van der Waals surface area (Å²) in [7, 11) is -1.98. The lowest BCUT2D eigenvalue weighted by atomic mass is 10.1. The fourth-order valence-corrected chi connectivity index (χ4v) is 3.99. The van der Waals surface area contributed by atoms with E-state index in [1.54, 1.807) is 7.11 Å². The molecule has 0 saturated carbocycles. The molecule has 0 bridgehead atoms. The Hall–Kier alpha value is -1.02. The van der Waals surface area contributed by atoms with Crippen molar-refractivity contribution in [1.29, 1.82) is 0 Å². The largest absolute Gasteiger partial charge is 0.384 e. The van der Waals surface area contributed by atoms with Crippen molar-refractivity contribution < 1.29 is 17.5 Å².